The summed E-state index contributed by atoms with van der Waals surface area (Å²) in [5.41, 5.74) is -1.65. The number of benzene rings is 1. The molecule has 0 radical (unpaired) electrons. The number of anilines is 1. The monoisotopic (exact) mass is 355 g/mol. The molecule has 0 atom stereocenters. The lowest BCUT2D eigenvalue weighted by Gasteiger charge is -2.38. The summed E-state index contributed by atoms with van der Waals surface area (Å²) in [5.74, 6) is -3.02. The van der Waals surface area contributed by atoms with Gasteiger partial charge in [-0.1, -0.05) is 18.6 Å². The lowest BCUT2D eigenvalue weighted by atomic mass is 9.93. The van der Waals surface area contributed by atoms with E-state index in [0.717, 1.165) is 31.5 Å². The predicted octanol–water partition coefficient (Wildman–Crippen LogP) is 3.76. The number of carbonyl (C=O) groups is 2. The van der Waals surface area contributed by atoms with Gasteiger partial charge in [0.05, 0.1) is 11.3 Å². The number of carbonyl (C=O) groups excluding carboxylic acids is 2. The van der Waals surface area contributed by atoms with Gasteiger partial charge in [0.2, 0.25) is 0 Å². The Morgan fingerprint density at radius 3 is 2.20 bits per heavy atom. The zero-order valence-electron chi connectivity index (χ0n) is 13.2. The van der Waals surface area contributed by atoms with Crippen molar-refractivity contribution in [1.29, 1.82) is 0 Å². The molecule has 1 spiro atoms. The van der Waals surface area contributed by atoms with Crippen molar-refractivity contribution >= 4 is 17.6 Å². The molecular weight excluding hydrogens is 339 g/mol. The second-order valence-corrected chi connectivity index (χ2v) is 6.00. The molecule has 1 N–H and O–H groups in total. The molecule has 1 heterocycles. The average molecular weight is 355 g/mol. The molecule has 2 aliphatic rings. The van der Waals surface area contributed by atoms with Crippen molar-refractivity contribution in [3.05, 3.63) is 41.6 Å². The van der Waals surface area contributed by atoms with Crippen molar-refractivity contribution in [3.8, 4) is 0 Å². The highest BCUT2D eigenvalue weighted by Crippen LogP contribution is 2.37. The Balaban J connectivity index is 1.79. The van der Waals surface area contributed by atoms with E-state index in [2.05, 4.69) is 5.32 Å². The van der Waals surface area contributed by atoms with Gasteiger partial charge in [-0.15, -0.1) is 0 Å². The fourth-order valence-electron chi connectivity index (χ4n) is 2.97. The summed E-state index contributed by atoms with van der Waals surface area (Å²) in [6, 6.07) is 4.75. The van der Waals surface area contributed by atoms with Gasteiger partial charge in [0.25, 0.3) is 5.79 Å². The number of hydrogen-bond donors (Lipinski definition) is 1. The average Bonchev–Trinajstić information content (AvgIpc) is 2.54. The lowest BCUT2D eigenvalue weighted by Crippen LogP contribution is -2.47. The number of rotatable bonds is 2. The summed E-state index contributed by atoms with van der Waals surface area (Å²) in [6.07, 6.45) is -0.292. The lowest BCUT2D eigenvalue weighted by molar-refractivity contribution is -0.244. The topological polar surface area (TPSA) is 64.6 Å². The number of alkyl halides is 3. The number of halogens is 3. The molecule has 1 aromatic rings. The van der Waals surface area contributed by atoms with Crippen LogP contribution in [-0.2, 0) is 25.2 Å². The van der Waals surface area contributed by atoms with Crippen molar-refractivity contribution in [3.63, 3.8) is 0 Å². The summed E-state index contributed by atoms with van der Waals surface area (Å²) >= 11 is 0. The Kier molecular flexibility index (Phi) is 4.45. The molecule has 0 aromatic heterocycles. The van der Waals surface area contributed by atoms with Crippen LogP contribution in [0.15, 0.2) is 36.0 Å². The smallest absolute Gasteiger partial charge is 0.418 e. The molecule has 134 valence electrons. The van der Waals surface area contributed by atoms with E-state index in [1.807, 2.05) is 0 Å². The van der Waals surface area contributed by atoms with Crippen LogP contribution in [0.2, 0.25) is 0 Å². The fraction of sp³-hybridized carbons (Fsp3) is 0.412. The van der Waals surface area contributed by atoms with Gasteiger partial charge in [-0.3, -0.25) is 0 Å². The van der Waals surface area contributed by atoms with E-state index >= 15 is 0 Å². The third-order valence-corrected chi connectivity index (χ3v) is 4.22. The minimum atomic E-state index is -4.57. The van der Waals surface area contributed by atoms with Crippen LogP contribution in [0.3, 0.4) is 0 Å². The highest BCUT2D eigenvalue weighted by Gasteiger charge is 2.46. The van der Waals surface area contributed by atoms with Gasteiger partial charge in [-0.25, -0.2) is 9.59 Å². The highest BCUT2D eigenvalue weighted by atomic mass is 19.4. The van der Waals surface area contributed by atoms with Crippen LogP contribution >= 0.6 is 0 Å². The molecule has 1 saturated heterocycles. The molecule has 0 unspecified atom stereocenters. The highest BCUT2D eigenvalue weighted by molar-refractivity contribution is 6.15. The molecule has 0 amide bonds. The first-order valence-electron chi connectivity index (χ1n) is 7.90. The van der Waals surface area contributed by atoms with Gasteiger partial charge in [-0.05, 0) is 25.0 Å². The maximum atomic E-state index is 13.0. The van der Waals surface area contributed by atoms with Gasteiger partial charge >= 0.3 is 18.1 Å². The first kappa shape index (κ1) is 17.3. The zero-order valence-corrected chi connectivity index (χ0v) is 13.2. The Bertz CT molecular complexity index is 699. The van der Waals surface area contributed by atoms with Crippen LogP contribution < -0.4 is 5.32 Å². The van der Waals surface area contributed by atoms with E-state index in [4.69, 9.17) is 9.47 Å². The summed E-state index contributed by atoms with van der Waals surface area (Å²) < 4.78 is 49.4. The predicted molar refractivity (Wildman–Crippen MR) is 81.1 cm³/mol. The Labute approximate surface area is 141 Å². The van der Waals surface area contributed by atoms with E-state index in [1.54, 1.807) is 0 Å². The Hall–Kier alpha value is -2.51. The number of esters is 2. The standard InChI is InChI=1S/C17H16F3NO4/c18-17(19,20)12-6-2-3-7-13(12)21-10-11-14(22)24-16(25-15(11)23)8-4-1-5-9-16/h2-3,6-7,10,21H,1,4-5,8-9H2. The number of hydrogen-bond acceptors (Lipinski definition) is 5. The molecule has 1 aliphatic heterocycles. The van der Waals surface area contributed by atoms with Gasteiger partial charge in [0.15, 0.2) is 5.57 Å². The van der Waals surface area contributed by atoms with Gasteiger partial charge in [0, 0.05) is 19.0 Å². The quantitative estimate of drug-likeness (QED) is 0.497. The maximum absolute atomic E-state index is 13.0. The van der Waals surface area contributed by atoms with E-state index in [0.29, 0.717) is 12.8 Å². The van der Waals surface area contributed by atoms with Crippen LogP contribution in [0.1, 0.15) is 37.7 Å². The minimum absolute atomic E-state index is 0.277. The van der Waals surface area contributed by atoms with Crippen LogP contribution in [0.25, 0.3) is 0 Å². The molecule has 1 saturated carbocycles. The van der Waals surface area contributed by atoms with Crippen LogP contribution in [0.4, 0.5) is 18.9 Å². The van der Waals surface area contributed by atoms with Crippen LogP contribution in [0, 0.1) is 0 Å². The largest absolute Gasteiger partial charge is 0.419 e. The molecule has 1 aliphatic carbocycles. The zero-order chi connectivity index (χ0) is 18.1. The fourth-order valence-corrected chi connectivity index (χ4v) is 2.97. The second-order valence-electron chi connectivity index (χ2n) is 6.00. The second kappa shape index (κ2) is 6.42. The van der Waals surface area contributed by atoms with E-state index in [9.17, 15) is 22.8 Å². The number of para-hydroxylation sites is 1. The molecule has 0 bridgehead atoms. The van der Waals surface area contributed by atoms with Crippen molar-refractivity contribution < 1.29 is 32.2 Å². The van der Waals surface area contributed by atoms with Crippen molar-refractivity contribution in [1.82, 2.24) is 0 Å². The van der Waals surface area contributed by atoms with E-state index in [-0.39, 0.29) is 5.69 Å². The molecule has 25 heavy (non-hydrogen) atoms. The summed E-state index contributed by atoms with van der Waals surface area (Å²) in [5, 5.41) is 2.36. The minimum Gasteiger partial charge on any atom is -0.419 e. The number of nitrogens with one attached hydrogen (secondary N) is 1. The Morgan fingerprint density at radius 2 is 1.60 bits per heavy atom. The summed E-state index contributed by atoms with van der Waals surface area (Å²) in [7, 11) is 0. The van der Waals surface area contributed by atoms with Crippen LogP contribution in [0.5, 0.6) is 0 Å². The van der Waals surface area contributed by atoms with Gasteiger partial charge in [-0.2, -0.15) is 13.2 Å². The first-order valence-corrected chi connectivity index (χ1v) is 7.90. The summed E-state index contributed by atoms with van der Waals surface area (Å²) in [4.78, 5) is 24.3. The maximum Gasteiger partial charge on any atom is 0.418 e. The third kappa shape index (κ3) is 3.62. The van der Waals surface area contributed by atoms with Crippen molar-refractivity contribution in [2.24, 2.45) is 0 Å². The van der Waals surface area contributed by atoms with Crippen molar-refractivity contribution in [2.75, 3.05) is 5.32 Å². The molecule has 2 fully saturated rings. The van der Waals surface area contributed by atoms with E-state index in [1.165, 1.54) is 18.2 Å². The van der Waals surface area contributed by atoms with Crippen LogP contribution in [-0.4, -0.2) is 17.7 Å². The molecule has 8 heteroatoms. The van der Waals surface area contributed by atoms with E-state index < -0.39 is 35.0 Å². The number of ether oxygens (including phenoxy) is 2. The third-order valence-electron chi connectivity index (χ3n) is 4.22. The SMILES string of the molecule is O=C1OC2(CCCCC2)OC(=O)C1=CNc1ccccc1C(F)(F)F. The molecule has 1 aromatic carbocycles. The molecule has 3 rings (SSSR count). The normalized spacial score (nSPS) is 20.0. The molecule has 5 nitrogen and oxygen atoms in total. The van der Waals surface area contributed by atoms with Gasteiger partial charge in [0.1, 0.15) is 0 Å². The van der Waals surface area contributed by atoms with Crippen molar-refractivity contribution in [2.45, 2.75) is 44.1 Å². The molecular formula is C17H16F3NO4. The Morgan fingerprint density at radius 1 is 1.00 bits per heavy atom. The summed E-state index contributed by atoms with van der Waals surface area (Å²) in [6.45, 7) is 0. The van der Waals surface area contributed by atoms with Gasteiger partial charge < -0.3 is 14.8 Å². The first-order chi connectivity index (χ1) is 11.8.